The monoisotopic (exact) mass is 267 g/mol. The number of aromatic nitrogens is 1. The van der Waals surface area contributed by atoms with Crippen LogP contribution in [-0.2, 0) is 0 Å². The molecule has 0 unspecified atom stereocenters. The molecule has 1 aliphatic rings. The Labute approximate surface area is 100 Å². The topological polar surface area (TPSA) is 12.9 Å². The summed E-state index contributed by atoms with van der Waals surface area (Å²) in [6, 6.07) is 2.27. The van der Waals surface area contributed by atoms with Crippen LogP contribution in [0.1, 0.15) is 54.8 Å². The average molecular weight is 268 g/mol. The van der Waals surface area contributed by atoms with Crippen molar-refractivity contribution < 1.29 is 0 Å². The molecule has 15 heavy (non-hydrogen) atoms. The highest BCUT2D eigenvalue weighted by Gasteiger charge is 2.18. The highest BCUT2D eigenvalue weighted by Crippen LogP contribution is 2.35. The Bertz CT molecular complexity index is 354. The number of halogens is 1. The zero-order valence-electron chi connectivity index (χ0n) is 9.52. The lowest BCUT2D eigenvalue weighted by molar-refractivity contribution is 0.442. The highest BCUT2D eigenvalue weighted by molar-refractivity contribution is 9.10. The van der Waals surface area contributed by atoms with Crippen molar-refractivity contribution in [2.45, 2.75) is 51.9 Å². The van der Waals surface area contributed by atoms with Gasteiger partial charge in [0.15, 0.2) is 0 Å². The molecule has 1 nitrogen and oxygen atoms in total. The van der Waals surface area contributed by atoms with E-state index in [0.717, 1.165) is 16.2 Å². The first-order valence-corrected chi connectivity index (χ1v) is 6.61. The first-order chi connectivity index (χ1) is 7.18. The van der Waals surface area contributed by atoms with Crippen molar-refractivity contribution in [1.29, 1.82) is 0 Å². The van der Waals surface area contributed by atoms with Gasteiger partial charge < -0.3 is 0 Å². The standard InChI is InChI=1S/C13H18BrN/c1-9-8-12(10(2)13(14)15-9)11-6-4-3-5-7-11/h8,11H,3-7H2,1-2H3. The molecule has 82 valence electrons. The summed E-state index contributed by atoms with van der Waals surface area (Å²) in [5.74, 6) is 0.775. The van der Waals surface area contributed by atoms with Gasteiger partial charge in [-0.05, 0) is 65.7 Å². The Hall–Kier alpha value is -0.370. The van der Waals surface area contributed by atoms with E-state index < -0.39 is 0 Å². The van der Waals surface area contributed by atoms with E-state index >= 15 is 0 Å². The van der Waals surface area contributed by atoms with Crippen LogP contribution in [0.3, 0.4) is 0 Å². The minimum atomic E-state index is 0.775. The van der Waals surface area contributed by atoms with Gasteiger partial charge >= 0.3 is 0 Å². The molecule has 0 radical (unpaired) electrons. The van der Waals surface area contributed by atoms with Gasteiger partial charge in [0.2, 0.25) is 0 Å². The molecule has 0 N–H and O–H groups in total. The Morgan fingerprint density at radius 1 is 1.20 bits per heavy atom. The van der Waals surface area contributed by atoms with E-state index in [0.29, 0.717) is 0 Å². The fourth-order valence-corrected chi connectivity index (χ4v) is 3.07. The van der Waals surface area contributed by atoms with E-state index in [1.54, 1.807) is 0 Å². The quantitative estimate of drug-likeness (QED) is 0.683. The third-order valence-corrected chi connectivity index (χ3v) is 4.20. The van der Waals surface area contributed by atoms with Gasteiger partial charge in [-0.3, -0.25) is 0 Å². The van der Waals surface area contributed by atoms with Crippen LogP contribution in [0.15, 0.2) is 10.7 Å². The normalized spacial score (nSPS) is 18.1. The van der Waals surface area contributed by atoms with Gasteiger partial charge in [0.1, 0.15) is 4.60 Å². The smallest absolute Gasteiger partial charge is 0.109 e. The average Bonchev–Trinajstić information content (AvgIpc) is 2.24. The van der Waals surface area contributed by atoms with E-state index in [1.807, 2.05) is 0 Å². The van der Waals surface area contributed by atoms with Gasteiger partial charge in [-0.1, -0.05) is 19.3 Å². The van der Waals surface area contributed by atoms with Crippen molar-refractivity contribution in [3.63, 3.8) is 0 Å². The summed E-state index contributed by atoms with van der Waals surface area (Å²) in [4.78, 5) is 4.45. The molecule has 1 aromatic rings. The summed E-state index contributed by atoms with van der Waals surface area (Å²) < 4.78 is 1.03. The minimum absolute atomic E-state index is 0.775. The van der Waals surface area contributed by atoms with Gasteiger partial charge in [-0.25, -0.2) is 4.98 Å². The summed E-state index contributed by atoms with van der Waals surface area (Å²) in [6.07, 6.45) is 6.92. The lowest BCUT2D eigenvalue weighted by atomic mass is 9.82. The summed E-state index contributed by atoms with van der Waals surface area (Å²) in [5, 5.41) is 0. The van der Waals surface area contributed by atoms with E-state index in [1.165, 1.54) is 43.2 Å². The Morgan fingerprint density at radius 2 is 1.87 bits per heavy atom. The molecular weight excluding hydrogens is 250 g/mol. The molecule has 0 aromatic carbocycles. The molecule has 0 aliphatic heterocycles. The Kier molecular flexibility index (Phi) is 3.45. The number of hydrogen-bond acceptors (Lipinski definition) is 1. The molecule has 0 saturated heterocycles. The third-order valence-electron chi connectivity index (χ3n) is 3.43. The van der Waals surface area contributed by atoms with Crippen molar-refractivity contribution in [1.82, 2.24) is 4.98 Å². The van der Waals surface area contributed by atoms with Crippen molar-refractivity contribution in [2.24, 2.45) is 0 Å². The van der Waals surface area contributed by atoms with Crippen LogP contribution in [0.5, 0.6) is 0 Å². The fraction of sp³-hybridized carbons (Fsp3) is 0.615. The third kappa shape index (κ3) is 2.41. The first kappa shape index (κ1) is 11.1. The van der Waals surface area contributed by atoms with Crippen LogP contribution in [-0.4, -0.2) is 4.98 Å². The number of aryl methyl sites for hydroxylation is 1. The van der Waals surface area contributed by atoms with Crippen molar-refractivity contribution in [3.8, 4) is 0 Å². The largest absolute Gasteiger partial charge is 0.246 e. The second-order valence-electron chi connectivity index (χ2n) is 4.60. The highest BCUT2D eigenvalue weighted by atomic mass is 79.9. The summed E-state index contributed by atoms with van der Waals surface area (Å²) in [6.45, 7) is 4.26. The van der Waals surface area contributed by atoms with E-state index in [9.17, 15) is 0 Å². The molecule has 2 rings (SSSR count). The first-order valence-electron chi connectivity index (χ1n) is 5.82. The SMILES string of the molecule is Cc1cc(C2CCCCC2)c(C)c(Br)n1. The number of nitrogens with zero attached hydrogens (tertiary/aromatic N) is 1. The Morgan fingerprint density at radius 3 is 2.53 bits per heavy atom. The van der Waals surface area contributed by atoms with Crippen LogP contribution in [0.4, 0.5) is 0 Å². The zero-order chi connectivity index (χ0) is 10.8. The maximum absolute atomic E-state index is 4.45. The zero-order valence-corrected chi connectivity index (χ0v) is 11.1. The number of pyridine rings is 1. The summed E-state index contributed by atoms with van der Waals surface area (Å²) in [7, 11) is 0. The van der Waals surface area contributed by atoms with E-state index in [2.05, 4.69) is 40.8 Å². The molecule has 1 aliphatic carbocycles. The van der Waals surface area contributed by atoms with Gasteiger partial charge in [0, 0.05) is 5.69 Å². The van der Waals surface area contributed by atoms with Crippen molar-refractivity contribution in [3.05, 3.63) is 27.5 Å². The molecule has 1 heterocycles. The fourth-order valence-electron chi connectivity index (χ4n) is 2.56. The number of rotatable bonds is 1. The van der Waals surface area contributed by atoms with Gasteiger partial charge in [-0.15, -0.1) is 0 Å². The second kappa shape index (κ2) is 4.65. The molecule has 2 heteroatoms. The van der Waals surface area contributed by atoms with Crippen LogP contribution < -0.4 is 0 Å². The van der Waals surface area contributed by atoms with Gasteiger partial charge in [-0.2, -0.15) is 0 Å². The molecule has 0 spiro atoms. The van der Waals surface area contributed by atoms with Crippen LogP contribution in [0.25, 0.3) is 0 Å². The molecule has 1 fully saturated rings. The van der Waals surface area contributed by atoms with Crippen LogP contribution in [0.2, 0.25) is 0 Å². The van der Waals surface area contributed by atoms with Crippen molar-refractivity contribution in [2.75, 3.05) is 0 Å². The maximum Gasteiger partial charge on any atom is 0.109 e. The molecule has 0 amide bonds. The molecule has 1 aromatic heterocycles. The number of hydrogen-bond donors (Lipinski definition) is 0. The molecule has 0 atom stereocenters. The predicted molar refractivity (Wildman–Crippen MR) is 67.2 cm³/mol. The maximum atomic E-state index is 4.45. The summed E-state index contributed by atoms with van der Waals surface area (Å²) >= 11 is 3.55. The van der Waals surface area contributed by atoms with Crippen LogP contribution in [0, 0.1) is 13.8 Å². The Balaban J connectivity index is 2.33. The predicted octanol–water partition coefficient (Wildman–Crippen LogP) is 4.51. The minimum Gasteiger partial charge on any atom is -0.246 e. The van der Waals surface area contributed by atoms with Gasteiger partial charge in [0.25, 0.3) is 0 Å². The van der Waals surface area contributed by atoms with E-state index in [-0.39, 0.29) is 0 Å². The molecular formula is C13H18BrN. The van der Waals surface area contributed by atoms with Crippen molar-refractivity contribution >= 4 is 15.9 Å². The van der Waals surface area contributed by atoms with Crippen LogP contribution >= 0.6 is 15.9 Å². The lowest BCUT2D eigenvalue weighted by Gasteiger charge is -2.24. The lowest BCUT2D eigenvalue weighted by Crippen LogP contribution is -2.07. The summed E-state index contributed by atoms with van der Waals surface area (Å²) in [5.41, 5.74) is 4.00. The molecule has 1 saturated carbocycles. The van der Waals surface area contributed by atoms with Gasteiger partial charge in [0.05, 0.1) is 0 Å². The van der Waals surface area contributed by atoms with E-state index in [4.69, 9.17) is 0 Å². The molecule has 0 bridgehead atoms. The second-order valence-corrected chi connectivity index (χ2v) is 5.35.